The van der Waals surface area contributed by atoms with Crippen LogP contribution < -0.4 is 0 Å². The smallest absolute Gasteiger partial charge is 0.309 e. The molecule has 1 aromatic rings. The summed E-state index contributed by atoms with van der Waals surface area (Å²) in [6, 6.07) is 9.47. The van der Waals surface area contributed by atoms with Crippen LogP contribution in [0, 0.1) is 5.92 Å². The second-order valence-electron chi connectivity index (χ2n) is 4.00. The predicted molar refractivity (Wildman–Crippen MR) is 59.9 cm³/mol. The minimum absolute atomic E-state index is 0.133. The third kappa shape index (κ3) is 3.31. The number of cyclic esters (lactones) is 1. The van der Waals surface area contributed by atoms with Gasteiger partial charge in [-0.15, -0.1) is 0 Å². The summed E-state index contributed by atoms with van der Waals surface area (Å²) >= 11 is 0. The lowest BCUT2D eigenvalue weighted by Crippen LogP contribution is -2.28. The van der Waals surface area contributed by atoms with Gasteiger partial charge in [0.25, 0.3) is 0 Å². The molecule has 90 valence electrons. The van der Waals surface area contributed by atoms with Crippen LogP contribution in [-0.4, -0.2) is 18.5 Å². The second-order valence-corrected chi connectivity index (χ2v) is 4.00. The first-order valence-electron chi connectivity index (χ1n) is 5.62. The van der Waals surface area contributed by atoms with Crippen molar-refractivity contribution >= 4 is 11.9 Å². The number of carbonyl (C=O) groups is 2. The van der Waals surface area contributed by atoms with Gasteiger partial charge < -0.3 is 9.47 Å². The fourth-order valence-electron chi connectivity index (χ4n) is 1.72. The zero-order chi connectivity index (χ0) is 12.1. The largest absolute Gasteiger partial charge is 0.466 e. The average molecular weight is 234 g/mol. The molecule has 0 aliphatic carbocycles. The van der Waals surface area contributed by atoms with E-state index in [1.165, 1.54) is 0 Å². The highest BCUT2D eigenvalue weighted by Crippen LogP contribution is 2.18. The molecule has 1 fully saturated rings. The molecule has 4 nitrogen and oxygen atoms in total. The molecule has 1 saturated heterocycles. The maximum absolute atomic E-state index is 11.7. The SMILES string of the molecule is O=C1CC(C(=O)OCc2ccccc2)CCO1. The number of hydrogen-bond donors (Lipinski definition) is 0. The van der Waals surface area contributed by atoms with Gasteiger partial charge in [0.1, 0.15) is 6.61 Å². The zero-order valence-electron chi connectivity index (χ0n) is 9.43. The zero-order valence-corrected chi connectivity index (χ0v) is 9.43. The summed E-state index contributed by atoms with van der Waals surface area (Å²) in [4.78, 5) is 22.7. The van der Waals surface area contributed by atoms with E-state index < -0.39 is 0 Å². The number of hydrogen-bond acceptors (Lipinski definition) is 4. The van der Waals surface area contributed by atoms with Crippen molar-refractivity contribution in [3.8, 4) is 0 Å². The lowest BCUT2D eigenvalue weighted by Gasteiger charge is -2.19. The van der Waals surface area contributed by atoms with E-state index in [9.17, 15) is 9.59 Å². The van der Waals surface area contributed by atoms with E-state index in [1.54, 1.807) is 0 Å². The van der Waals surface area contributed by atoms with Gasteiger partial charge in [0.05, 0.1) is 18.9 Å². The molecular weight excluding hydrogens is 220 g/mol. The van der Waals surface area contributed by atoms with Gasteiger partial charge in [-0.1, -0.05) is 30.3 Å². The molecule has 0 aromatic heterocycles. The Balaban J connectivity index is 1.83. The van der Waals surface area contributed by atoms with Gasteiger partial charge in [-0.25, -0.2) is 0 Å². The normalized spacial score (nSPS) is 19.5. The molecule has 0 amide bonds. The van der Waals surface area contributed by atoms with Crippen molar-refractivity contribution in [3.05, 3.63) is 35.9 Å². The van der Waals surface area contributed by atoms with Crippen LogP contribution in [0.2, 0.25) is 0 Å². The lowest BCUT2D eigenvalue weighted by molar-refractivity contribution is -0.162. The first kappa shape index (κ1) is 11.6. The van der Waals surface area contributed by atoms with Gasteiger partial charge >= 0.3 is 11.9 Å². The van der Waals surface area contributed by atoms with E-state index in [4.69, 9.17) is 9.47 Å². The van der Waals surface area contributed by atoms with Crippen molar-refractivity contribution in [2.75, 3.05) is 6.61 Å². The third-order valence-electron chi connectivity index (χ3n) is 2.70. The standard InChI is InChI=1S/C13H14O4/c14-12-8-11(6-7-16-12)13(15)17-9-10-4-2-1-3-5-10/h1-5,11H,6-9H2. The van der Waals surface area contributed by atoms with Crippen molar-refractivity contribution in [2.45, 2.75) is 19.4 Å². The number of benzene rings is 1. The molecule has 0 N–H and O–H groups in total. The van der Waals surface area contributed by atoms with Gasteiger partial charge in [0.15, 0.2) is 0 Å². The molecule has 17 heavy (non-hydrogen) atoms. The molecular formula is C13H14O4. The highest BCUT2D eigenvalue weighted by Gasteiger charge is 2.28. The Bertz CT molecular complexity index is 399. The van der Waals surface area contributed by atoms with Crippen molar-refractivity contribution < 1.29 is 19.1 Å². The Morgan fingerprint density at radius 1 is 1.35 bits per heavy atom. The van der Waals surface area contributed by atoms with E-state index in [1.807, 2.05) is 30.3 Å². The van der Waals surface area contributed by atoms with Gasteiger partial charge in [-0.3, -0.25) is 9.59 Å². The van der Waals surface area contributed by atoms with E-state index in [0.717, 1.165) is 5.56 Å². The first-order chi connectivity index (χ1) is 8.25. The average Bonchev–Trinajstić information content (AvgIpc) is 2.37. The molecule has 1 aliphatic heterocycles. The van der Waals surface area contributed by atoms with Crippen LogP contribution in [0.4, 0.5) is 0 Å². The number of carbonyl (C=O) groups excluding carboxylic acids is 2. The van der Waals surface area contributed by atoms with Crippen LogP contribution in [0.5, 0.6) is 0 Å². The first-order valence-corrected chi connectivity index (χ1v) is 5.62. The molecule has 1 heterocycles. The predicted octanol–water partition coefficient (Wildman–Crippen LogP) is 1.68. The van der Waals surface area contributed by atoms with Crippen molar-refractivity contribution in [3.63, 3.8) is 0 Å². The molecule has 1 atom stereocenters. The quantitative estimate of drug-likeness (QED) is 0.747. The van der Waals surface area contributed by atoms with Gasteiger partial charge in [0.2, 0.25) is 0 Å². The number of rotatable bonds is 3. The molecule has 2 rings (SSSR count). The van der Waals surface area contributed by atoms with Crippen LogP contribution in [0.25, 0.3) is 0 Å². The van der Waals surface area contributed by atoms with Crippen molar-refractivity contribution in [1.29, 1.82) is 0 Å². The van der Waals surface area contributed by atoms with E-state index in [2.05, 4.69) is 0 Å². The maximum Gasteiger partial charge on any atom is 0.309 e. The van der Waals surface area contributed by atoms with Crippen LogP contribution in [0.15, 0.2) is 30.3 Å². The van der Waals surface area contributed by atoms with Gasteiger partial charge in [-0.2, -0.15) is 0 Å². The maximum atomic E-state index is 11.7. The lowest BCUT2D eigenvalue weighted by atomic mass is 10.0. The topological polar surface area (TPSA) is 52.6 Å². The summed E-state index contributed by atoms with van der Waals surface area (Å²) in [6.07, 6.45) is 0.687. The molecule has 1 aromatic carbocycles. The van der Waals surface area contributed by atoms with Crippen molar-refractivity contribution in [2.24, 2.45) is 5.92 Å². The molecule has 1 aliphatic rings. The summed E-state index contributed by atoms with van der Waals surface area (Å²) in [6.45, 7) is 0.565. The number of ether oxygens (including phenoxy) is 2. The minimum Gasteiger partial charge on any atom is -0.466 e. The van der Waals surface area contributed by atoms with E-state index >= 15 is 0 Å². The Morgan fingerprint density at radius 3 is 2.82 bits per heavy atom. The second kappa shape index (κ2) is 5.48. The van der Waals surface area contributed by atoms with Gasteiger partial charge in [0, 0.05) is 0 Å². The molecule has 0 bridgehead atoms. The number of esters is 2. The van der Waals surface area contributed by atoms with Gasteiger partial charge in [-0.05, 0) is 12.0 Å². The molecule has 0 saturated carbocycles. The Labute approximate surface area is 99.5 Å². The van der Waals surface area contributed by atoms with Crippen LogP contribution in [0.1, 0.15) is 18.4 Å². The minimum atomic E-state index is -0.347. The van der Waals surface area contributed by atoms with E-state index in [0.29, 0.717) is 13.0 Å². The Morgan fingerprint density at radius 2 is 2.12 bits per heavy atom. The highest BCUT2D eigenvalue weighted by atomic mass is 16.5. The molecule has 0 spiro atoms. The fraction of sp³-hybridized carbons (Fsp3) is 0.385. The van der Waals surface area contributed by atoms with E-state index in [-0.39, 0.29) is 30.9 Å². The van der Waals surface area contributed by atoms with Crippen LogP contribution in [0.3, 0.4) is 0 Å². The van der Waals surface area contributed by atoms with Crippen molar-refractivity contribution in [1.82, 2.24) is 0 Å². The highest BCUT2D eigenvalue weighted by molar-refractivity contribution is 5.80. The monoisotopic (exact) mass is 234 g/mol. The summed E-state index contributed by atoms with van der Waals surface area (Å²) in [5.74, 6) is -0.983. The summed E-state index contributed by atoms with van der Waals surface area (Å²) in [7, 11) is 0. The fourth-order valence-corrected chi connectivity index (χ4v) is 1.72. The van der Waals surface area contributed by atoms with Crippen LogP contribution >= 0.6 is 0 Å². The summed E-state index contributed by atoms with van der Waals surface area (Å²) in [5, 5.41) is 0. The molecule has 1 unspecified atom stereocenters. The Kier molecular flexibility index (Phi) is 3.75. The summed E-state index contributed by atoms with van der Waals surface area (Å²) in [5.41, 5.74) is 0.944. The summed E-state index contributed by atoms with van der Waals surface area (Å²) < 4.78 is 9.94. The Hall–Kier alpha value is -1.84. The molecule has 0 radical (unpaired) electrons. The third-order valence-corrected chi connectivity index (χ3v) is 2.70. The molecule has 4 heteroatoms. The van der Waals surface area contributed by atoms with Crippen LogP contribution in [-0.2, 0) is 25.7 Å².